The van der Waals surface area contributed by atoms with Crippen molar-refractivity contribution in [1.29, 1.82) is 0 Å². The van der Waals surface area contributed by atoms with E-state index in [1.54, 1.807) is 12.1 Å². The minimum Gasteiger partial charge on any atom is -0.300 e. The van der Waals surface area contributed by atoms with Crippen LogP contribution in [0.4, 0.5) is 13.2 Å². The summed E-state index contributed by atoms with van der Waals surface area (Å²) in [5.74, 6) is 0. The molecule has 0 unspecified atom stereocenters. The summed E-state index contributed by atoms with van der Waals surface area (Å²) in [7, 11) is 0. The Morgan fingerprint density at radius 2 is 1.39 bits per heavy atom. The highest BCUT2D eigenvalue weighted by Gasteiger charge is 2.30. The molecule has 1 aliphatic heterocycles. The van der Waals surface area contributed by atoms with Gasteiger partial charge in [0.1, 0.15) is 0 Å². The molecule has 5 heteroatoms. The quantitative estimate of drug-likeness (QED) is 0.827. The van der Waals surface area contributed by atoms with Crippen molar-refractivity contribution >= 4 is 0 Å². The van der Waals surface area contributed by atoms with Gasteiger partial charge in [0.25, 0.3) is 0 Å². The second-order valence-corrected chi connectivity index (χ2v) is 7.62. The van der Waals surface area contributed by atoms with Gasteiger partial charge in [0.05, 0.1) is 5.56 Å². The van der Waals surface area contributed by atoms with E-state index < -0.39 is 11.7 Å². The van der Waals surface area contributed by atoms with Crippen molar-refractivity contribution in [2.75, 3.05) is 39.3 Å². The highest BCUT2D eigenvalue weighted by Crippen LogP contribution is 2.29. The molecule has 23 heavy (non-hydrogen) atoms. The van der Waals surface area contributed by atoms with E-state index in [4.69, 9.17) is 0 Å². The van der Waals surface area contributed by atoms with Crippen molar-refractivity contribution in [3.8, 4) is 0 Å². The summed E-state index contributed by atoms with van der Waals surface area (Å²) in [5, 5.41) is 0. The van der Waals surface area contributed by atoms with Crippen LogP contribution >= 0.6 is 0 Å². The standard InChI is InChI=1S/C18H27F3N2/c1-17(2,3)14-23-12-10-22(11-13-23)9-8-15-4-6-16(7-5-15)18(19,20)21/h4-7H,8-14H2,1-3H3. The zero-order valence-corrected chi connectivity index (χ0v) is 14.3. The Labute approximate surface area is 137 Å². The molecule has 1 aromatic rings. The number of hydrogen-bond donors (Lipinski definition) is 0. The maximum Gasteiger partial charge on any atom is 0.416 e. The maximum absolute atomic E-state index is 12.5. The maximum atomic E-state index is 12.5. The van der Waals surface area contributed by atoms with Crippen molar-refractivity contribution in [2.45, 2.75) is 33.4 Å². The summed E-state index contributed by atoms with van der Waals surface area (Å²) >= 11 is 0. The van der Waals surface area contributed by atoms with Crippen LogP contribution in [0.25, 0.3) is 0 Å². The number of rotatable bonds is 4. The first-order valence-electron chi connectivity index (χ1n) is 8.24. The summed E-state index contributed by atoms with van der Waals surface area (Å²) in [5.41, 5.74) is 0.717. The zero-order valence-electron chi connectivity index (χ0n) is 14.3. The van der Waals surface area contributed by atoms with E-state index in [0.717, 1.165) is 51.3 Å². The molecule has 0 amide bonds. The normalized spacial score (nSPS) is 18.3. The number of piperazine rings is 1. The van der Waals surface area contributed by atoms with Crippen molar-refractivity contribution in [1.82, 2.24) is 9.80 Å². The van der Waals surface area contributed by atoms with Crippen LogP contribution in [0.1, 0.15) is 31.9 Å². The number of halogens is 3. The first-order chi connectivity index (χ1) is 10.6. The monoisotopic (exact) mass is 328 g/mol. The van der Waals surface area contributed by atoms with Gasteiger partial charge in [-0.05, 0) is 29.5 Å². The van der Waals surface area contributed by atoms with E-state index in [9.17, 15) is 13.2 Å². The van der Waals surface area contributed by atoms with Gasteiger partial charge in [0, 0.05) is 39.3 Å². The highest BCUT2D eigenvalue weighted by atomic mass is 19.4. The molecule has 1 aliphatic rings. The van der Waals surface area contributed by atoms with Gasteiger partial charge in [0.15, 0.2) is 0 Å². The van der Waals surface area contributed by atoms with Crippen molar-refractivity contribution in [2.24, 2.45) is 5.41 Å². The topological polar surface area (TPSA) is 6.48 Å². The first kappa shape index (κ1) is 18.3. The van der Waals surface area contributed by atoms with E-state index in [1.165, 1.54) is 12.1 Å². The van der Waals surface area contributed by atoms with Crippen LogP contribution in [-0.4, -0.2) is 49.1 Å². The average Bonchev–Trinajstić information content (AvgIpc) is 2.44. The van der Waals surface area contributed by atoms with Gasteiger partial charge in [-0.2, -0.15) is 13.2 Å². The van der Waals surface area contributed by atoms with Gasteiger partial charge < -0.3 is 9.80 Å². The number of nitrogens with zero attached hydrogens (tertiary/aromatic N) is 2. The third-order valence-corrected chi connectivity index (χ3v) is 4.16. The highest BCUT2D eigenvalue weighted by molar-refractivity contribution is 5.24. The molecule has 1 heterocycles. The summed E-state index contributed by atoms with van der Waals surface area (Å²) in [6.07, 6.45) is -3.45. The first-order valence-corrected chi connectivity index (χ1v) is 8.24. The molecule has 0 radical (unpaired) electrons. The van der Waals surface area contributed by atoms with Crippen LogP contribution in [-0.2, 0) is 12.6 Å². The van der Waals surface area contributed by atoms with Crippen LogP contribution in [0, 0.1) is 5.41 Å². The minimum absolute atomic E-state index is 0.322. The van der Waals surface area contributed by atoms with E-state index in [-0.39, 0.29) is 0 Å². The Bertz CT molecular complexity index is 480. The van der Waals surface area contributed by atoms with E-state index in [1.807, 2.05) is 0 Å². The molecule has 0 N–H and O–H groups in total. The van der Waals surface area contributed by atoms with E-state index in [2.05, 4.69) is 30.6 Å². The van der Waals surface area contributed by atoms with Crippen LogP contribution in [0.15, 0.2) is 24.3 Å². The molecule has 0 aliphatic carbocycles. The number of alkyl halides is 3. The molecule has 130 valence electrons. The Balaban J connectivity index is 1.75. The van der Waals surface area contributed by atoms with Gasteiger partial charge in [-0.1, -0.05) is 32.9 Å². The molecule has 0 saturated carbocycles. The molecule has 0 bridgehead atoms. The lowest BCUT2D eigenvalue weighted by molar-refractivity contribution is -0.137. The molecule has 2 rings (SSSR count). The molecule has 1 aromatic carbocycles. The number of benzene rings is 1. The molecular weight excluding hydrogens is 301 g/mol. The third kappa shape index (κ3) is 6.15. The molecule has 1 fully saturated rings. The second-order valence-electron chi connectivity index (χ2n) is 7.62. The summed E-state index contributed by atoms with van der Waals surface area (Å²) < 4.78 is 37.6. The Morgan fingerprint density at radius 3 is 1.87 bits per heavy atom. The van der Waals surface area contributed by atoms with Crippen molar-refractivity contribution < 1.29 is 13.2 Å². The smallest absolute Gasteiger partial charge is 0.300 e. The van der Waals surface area contributed by atoms with Gasteiger partial charge in [0.2, 0.25) is 0 Å². The summed E-state index contributed by atoms with van der Waals surface area (Å²) in [6, 6.07) is 5.55. The fourth-order valence-corrected chi connectivity index (χ4v) is 2.99. The molecule has 0 atom stereocenters. The molecular formula is C18H27F3N2. The third-order valence-electron chi connectivity index (χ3n) is 4.16. The summed E-state index contributed by atoms with van der Waals surface area (Å²) in [6.45, 7) is 13.0. The SMILES string of the molecule is CC(C)(C)CN1CCN(CCc2ccc(C(F)(F)F)cc2)CC1. The Kier molecular flexibility index (Phi) is 5.74. The largest absolute Gasteiger partial charge is 0.416 e. The molecule has 1 saturated heterocycles. The van der Waals surface area contributed by atoms with E-state index in [0.29, 0.717) is 5.41 Å². The van der Waals surface area contributed by atoms with Crippen LogP contribution in [0.5, 0.6) is 0 Å². The fraction of sp³-hybridized carbons (Fsp3) is 0.667. The van der Waals surface area contributed by atoms with Gasteiger partial charge >= 0.3 is 6.18 Å². The van der Waals surface area contributed by atoms with Crippen LogP contribution in [0.2, 0.25) is 0 Å². The fourth-order valence-electron chi connectivity index (χ4n) is 2.99. The molecule has 0 spiro atoms. The Morgan fingerprint density at radius 1 is 0.870 bits per heavy atom. The summed E-state index contributed by atoms with van der Waals surface area (Å²) in [4.78, 5) is 4.89. The minimum atomic E-state index is -4.25. The van der Waals surface area contributed by atoms with Gasteiger partial charge in [-0.3, -0.25) is 0 Å². The Hall–Kier alpha value is -1.07. The lowest BCUT2D eigenvalue weighted by Crippen LogP contribution is -2.49. The predicted molar refractivity (Wildman–Crippen MR) is 87.5 cm³/mol. The van der Waals surface area contributed by atoms with Crippen molar-refractivity contribution in [3.05, 3.63) is 35.4 Å². The second kappa shape index (κ2) is 7.22. The van der Waals surface area contributed by atoms with Crippen molar-refractivity contribution in [3.63, 3.8) is 0 Å². The zero-order chi connectivity index (χ0) is 17.1. The predicted octanol–water partition coefficient (Wildman–Crippen LogP) is 3.91. The molecule has 2 nitrogen and oxygen atoms in total. The van der Waals surface area contributed by atoms with Gasteiger partial charge in [-0.25, -0.2) is 0 Å². The number of hydrogen-bond acceptors (Lipinski definition) is 2. The average molecular weight is 328 g/mol. The van der Waals surface area contributed by atoms with Gasteiger partial charge in [-0.15, -0.1) is 0 Å². The van der Waals surface area contributed by atoms with Crippen LogP contribution < -0.4 is 0 Å². The van der Waals surface area contributed by atoms with E-state index >= 15 is 0 Å². The van der Waals surface area contributed by atoms with Crippen LogP contribution in [0.3, 0.4) is 0 Å². The molecule has 0 aromatic heterocycles. The lowest BCUT2D eigenvalue weighted by Gasteiger charge is -2.37. The lowest BCUT2D eigenvalue weighted by atomic mass is 9.96.